The van der Waals surface area contributed by atoms with E-state index in [9.17, 15) is 4.79 Å². The van der Waals surface area contributed by atoms with E-state index in [1.807, 2.05) is 12.1 Å². The summed E-state index contributed by atoms with van der Waals surface area (Å²) in [5, 5.41) is 11.1. The molecule has 1 unspecified atom stereocenters. The Morgan fingerprint density at radius 3 is 2.30 bits per heavy atom. The lowest BCUT2D eigenvalue weighted by atomic mass is 9.91. The molecule has 2 aromatic rings. The number of hydrogen-bond donors (Lipinski definition) is 1. The summed E-state index contributed by atoms with van der Waals surface area (Å²) in [6.07, 6.45) is 2.42. The van der Waals surface area contributed by atoms with Gasteiger partial charge in [-0.15, -0.1) is 0 Å². The second-order valence-electron chi connectivity index (χ2n) is 6.00. The van der Waals surface area contributed by atoms with Crippen molar-refractivity contribution in [1.82, 2.24) is 0 Å². The molecule has 2 rings (SSSR count). The van der Waals surface area contributed by atoms with Crippen molar-refractivity contribution in [2.45, 2.75) is 39.5 Å². The van der Waals surface area contributed by atoms with Crippen molar-refractivity contribution < 1.29 is 9.90 Å². The Bertz CT molecular complexity index is 614. The van der Waals surface area contributed by atoms with Gasteiger partial charge in [-0.2, -0.15) is 0 Å². The van der Waals surface area contributed by atoms with Crippen LogP contribution in [-0.4, -0.2) is 11.1 Å². The smallest absolute Gasteiger partial charge is 0.335 e. The zero-order valence-corrected chi connectivity index (χ0v) is 12.4. The number of carboxylic acid groups (broad SMARTS) is 1. The topological polar surface area (TPSA) is 37.3 Å². The minimum Gasteiger partial charge on any atom is -0.478 e. The number of benzene rings is 2. The SMILES string of the molecule is CC(C)CCC(C)c1ccc2cc(C(=O)O)ccc2c1. The standard InChI is InChI=1S/C18H22O2/c1-12(2)4-5-13(3)14-6-7-16-11-17(18(19)20)9-8-15(16)10-14/h6-13H,4-5H2,1-3H3,(H,19,20). The minimum atomic E-state index is -0.874. The molecule has 2 aromatic carbocycles. The number of carboxylic acids is 1. The van der Waals surface area contributed by atoms with E-state index >= 15 is 0 Å². The summed E-state index contributed by atoms with van der Waals surface area (Å²) in [4.78, 5) is 11.0. The molecule has 0 spiro atoms. The molecule has 0 radical (unpaired) electrons. The maximum Gasteiger partial charge on any atom is 0.335 e. The van der Waals surface area contributed by atoms with Crippen molar-refractivity contribution in [2.24, 2.45) is 5.92 Å². The zero-order valence-electron chi connectivity index (χ0n) is 12.4. The van der Waals surface area contributed by atoms with Crippen molar-refractivity contribution in [3.63, 3.8) is 0 Å². The predicted molar refractivity (Wildman–Crippen MR) is 83.4 cm³/mol. The van der Waals surface area contributed by atoms with Gasteiger partial charge in [-0.25, -0.2) is 4.79 Å². The highest BCUT2D eigenvalue weighted by Crippen LogP contribution is 2.26. The molecule has 1 atom stereocenters. The van der Waals surface area contributed by atoms with Crippen LogP contribution in [-0.2, 0) is 0 Å². The summed E-state index contributed by atoms with van der Waals surface area (Å²) in [6.45, 7) is 6.76. The normalized spacial score (nSPS) is 12.8. The largest absolute Gasteiger partial charge is 0.478 e. The monoisotopic (exact) mass is 270 g/mol. The molecule has 0 saturated heterocycles. The molecular weight excluding hydrogens is 248 g/mol. The highest BCUT2D eigenvalue weighted by Gasteiger charge is 2.09. The Morgan fingerprint density at radius 2 is 1.65 bits per heavy atom. The van der Waals surface area contributed by atoms with Crippen LogP contribution in [0.1, 0.15) is 55.5 Å². The molecule has 0 aliphatic heterocycles. The quantitative estimate of drug-likeness (QED) is 0.822. The fourth-order valence-electron chi connectivity index (χ4n) is 2.45. The minimum absolute atomic E-state index is 0.345. The van der Waals surface area contributed by atoms with Gasteiger partial charge in [0.25, 0.3) is 0 Å². The van der Waals surface area contributed by atoms with Crippen molar-refractivity contribution >= 4 is 16.7 Å². The third-order valence-corrected chi connectivity index (χ3v) is 3.86. The van der Waals surface area contributed by atoms with Crippen molar-refractivity contribution in [3.8, 4) is 0 Å². The average molecular weight is 270 g/mol. The summed E-state index contributed by atoms with van der Waals surface area (Å²) in [6, 6.07) is 11.7. The lowest BCUT2D eigenvalue weighted by molar-refractivity contribution is 0.0697. The molecule has 0 aliphatic rings. The van der Waals surface area contributed by atoms with Crippen LogP contribution in [0.15, 0.2) is 36.4 Å². The maximum absolute atomic E-state index is 11.0. The molecule has 106 valence electrons. The maximum atomic E-state index is 11.0. The third kappa shape index (κ3) is 3.38. The summed E-state index contributed by atoms with van der Waals surface area (Å²) < 4.78 is 0. The first-order valence-electron chi connectivity index (χ1n) is 7.24. The van der Waals surface area contributed by atoms with Crippen LogP contribution in [0.25, 0.3) is 10.8 Å². The highest BCUT2D eigenvalue weighted by molar-refractivity contribution is 5.94. The first kappa shape index (κ1) is 14.6. The van der Waals surface area contributed by atoms with Crippen LogP contribution >= 0.6 is 0 Å². The van der Waals surface area contributed by atoms with Gasteiger partial charge < -0.3 is 5.11 Å². The average Bonchev–Trinajstić information content (AvgIpc) is 2.43. The van der Waals surface area contributed by atoms with E-state index in [-0.39, 0.29) is 0 Å². The Morgan fingerprint density at radius 1 is 1.00 bits per heavy atom. The molecule has 0 aromatic heterocycles. The van der Waals surface area contributed by atoms with Crippen LogP contribution in [0.3, 0.4) is 0 Å². The number of carbonyl (C=O) groups is 1. The van der Waals surface area contributed by atoms with Crippen LogP contribution in [0.4, 0.5) is 0 Å². The van der Waals surface area contributed by atoms with Crippen molar-refractivity contribution in [2.75, 3.05) is 0 Å². The Kier molecular flexibility index (Phi) is 4.43. The summed E-state index contributed by atoms with van der Waals surface area (Å²) in [5.41, 5.74) is 1.68. The van der Waals surface area contributed by atoms with Gasteiger partial charge in [0.05, 0.1) is 5.56 Å². The van der Waals surface area contributed by atoms with Gasteiger partial charge in [0.15, 0.2) is 0 Å². The second-order valence-corrected chi connectivity index (χ2v) is 6.00. The van der Waals surface area contributed by atoms with E-state index in [0.717, 1.165) is 16.7 Å². The van der Waals surface area contributed by atoms with E-state index in [1.54, 1.807) is 12.1 Å². The van der Waals surface area contributed by atoms with E-state index in [1.165, 1.54) is 18.4 Å². The fraction of sp³-hybridized carbons (Fsp3) is 0.389. The molecule has 1 N–H and O–H groups in total. The van der Waals surface area contributed by atoms with Gasteiger partial charge >= 0.3 is 5.97 Å². The molecule has 0 amide bonds. The van der Waals surface area contributed by atoms with E-state index in [4.69, 9.17) is 5.11 Å². The number of aromatic carboxylic acids is 1. The van der Waals surface area contributed by atoms with Gasteiger partial charge in [-0.05, 0) is 46.7 Å². The Labute approximate surface area is 120 Å². The fourth-order valence-corrected chi connectivity index (χ4v) is 2.45. The van der Waals surface area contributed by atoms with Crippen LogP contribution in [0, 0.1) is 5.92 Å². The Hall–Kier alpha value is -1.83. The first-order chi connectivity index (χ1) is 9.47. The molecular formula is C18H22O2. The molecule has 2 nitrogen and oxygen atoms in total. The van der Waals surface area contributed by atoms with Gasteiger partial charge in [0.1, 0.15) is 0 Å². The van der Waals surface area contributed by atoms with Crippen molar-refractivity contribution in [1.29, 1.82) is 0 Å². The van der Waals surface area contributed by atoms with Crippen LogP contribution < -0.4 is 0 Å². The van der Waals surface area contributed by atoms with Crippen LogP contribution in [0.2, 0.25) is 0 Å². The third-order valence-electron chi connectivity index (χ3n) is 3.86. The highest BCUT2D eigenvalue weighted by atomic mass is 16.4. The molecule has 0 heterocycles. The van der Waals surface area contributed by atoms with Gasteiger partial charge in [-0.1, -0.05) is 51.5 Å². The molecule has 2 heteroatoms. The zero-order chi connectivity index (χ0) is 14.7. The first-order valence-corrected chi connectivity index (χ1v) is 7.24. The van der Waals surface area contributed by atoms with Gasteiger partial charge in [0, 0.05) is 0 Å². The number of hydrogen-bond acceptors (Lipinski definition) is 1. The van der Waals surface area contributed by atoms with E-state index < -0.39 is 5.97 Å². The predicted octanol–water partition coefficient (Wildman–Crippen LogP) is 5.08. The summed E-state index contributed by atoms with van der Waals surface area (Å²) in [7, 11) is 0. The summed E-state index contributed by atoms with van der Waals surface area (Å²) in [5.74, 6) is 0.401. The van der Waals surface area contributed by atoms with Gasteiger partial charge in [0.2, 0.25) is 0 Å². The molecule has 0 saturated carbocycles. The van der Waals surface area contributed by atoms with E-state index in [2.05, 4.69) is 32.9 Å². The second kappa shape index (κ2) is 6.08. The molecule has 0 aliphatic carbocycles. The summed E-state index contributed by atoms with van der Waals surface area (Å²) >= 11 is 0. The molecule has 0 bridgehead atoms. The molecule has 20 heavy (non-hydrogen) atoms. The van der Waals surface area contributed by atoms with E-state index in [0.29, 0.717) is 11.5 Å². The lowest BCUT2D eigenvalue weighted by Gasteiger charge is -2.14. The lowest BCUT2D eigenvalue weighted by Crippen LogP contribution is -1.98. The van der Waals surface area contributed by atoms with Gasteiger partial charge in [-0.3, -0.25) is 0 Å². The van der Waals surface area contributed by atoms with Crippen molar-refractivity contribution in [3.05, 3.63) is 47.5 Å². The van der Waals surface area contributed by atoms with Crippen LogP contribution in [0.5, 0.6) is 0 Å². The Balaban J connectivity index is 2.25. The number of rotatable bonds is 5. The molecule has 0 fully saturated rings. The number of fused-ring (bicyclic) bond motifs is 1.